The highest BCUT2D eigenvalue weighted by atomic mass is 32.2. The monoisotopic (exact) mass is 348 g/mol. The van der Waals surface area contributed by atoms with E-state index in [1.807, 2.05) is 16.3 Å². The summed E-state index contributed by atoms with van der Waals surface area (Å²) in [6, 6.07) is 0. The Bertz CT molecular complexity index is 631. The molecule has 1 saturated heterocycles. The topological polar surface area (TPSA) is 44.1 Å². The zero-order valence-electron chi connectivity index (χ0n) is 14.5. The van der Waals surface area contributed by atoms with Crippen molar-refractivity contribution in [3.05, 3.63) is 21.7 Å². The second-order valence-corrected chi connectivity index (χ2v) is 8.74. The molecule has 24 heavy (non-hydrogen) atoms. The highest BCUT2D eigenvalue weighted by Crippen LogP contribution is 2.36. The summed E-state index contributed by atoms with van der Waals surface area (Å²) in [5, 5.41) is 1.70. The molecule has 0 radical (unpaired) electrons. The van der Waals surface area contributed by atoms with Gasteiger partial charge in [-0.05, 0) is 51.4 Å². The van der Waals surface area contributed by atoms with Crippen LogP contribution in [0.15, 0.2) is 9.82 Å². The molecule has 0 bridgehead atoms. The van der Waals surface area contributed by atoms with Crippen LogP contribution in [0, 0.1) is 0 Å². The number of nitrogens with zero attached hydrogens (tertiary/aromatic N) is 2. The molecular formula is C19H28N2O2S. The molecule has 2 heterocycles. The number of rotatable bonds is 4. The SMILES string of the molecule is O=c1nc(SC2CCCCC2)c2c(n1CC1CCCO1)CCCC2. The predicted molar refractivity (Wildman–Crippen MR) is 96.8 cm³/mol. The minimum atomic E-state index is -0.0514. The first-order valence-electron chi connectivity index (χ1n) is 9.72. The van der Waals surface area contributed by atoms with Crippen molar-refractivity contribution in [3.63, 3.8) is 0 Å². The zero-order valence-corrected chi connectivity index (χ0v) is 15.3. The molecule has 0 amide bonds. The van der Waals surface area contributed by atoms with Gasteiger partial charge >= 0.3 is 5.69 Å². The molecular weight excluding hydrogens is 320 g/mol. The first kappa shape index (κ1) is 16.6. The van der Waals surface area contributed by atoms with Crippen LogP contribution in [-0.2, 0) is 24.1 Å². The van der Waals surface area contributed by atoms with E-state index in [0.717, 1.165) is 37.3 Å². The van der Waals surface area contributed by atoms with Crippen molar-refractivity contribution in [1.29, 1.82) is 0 Å². The van der Waals surface area contributed by atoms with E-state index in [9.17, 15) is 4.79 Å². The minimum Gasteiger partial charge on any atom is -0.376 e. The van der Waals surface area contributed by atoms with E-state index in [-0.39, 0.29) is 11.8 Å². The molecule has 132 valence electrons. The van der Waals surface area contributed by atoms with Crippen LogP contribution in [0.25, 0.3) is 0 Å². The molecule has 0 N–H and O–H groups in total. The number of ether oxygens (including phenoxy) is 1. The number of hydrogen-bond acceptors (Lipinski definition) is 4. The van der Waals surface area contributed by atoms with E-state index in [2.05, 4.69) is 4.98 Å². The van der Waals surface area contributed by atoms with Gasteiger partial charge in [0, 0.05) is 23.1 Å². The Morgan fingerprint density at radius 1 is 1.04 bits per heavy atom. The summed E-state index contributed by atoms with van der Waals surface area (Å²) >= 11 is 1.89. The molecule has 1 aromatic heterocycles. The van der Waals surface area contributed by atoms with Gasteiger partial charge in [0.15, 0.2) is 0 Å². The second-order valence-electron chi connectivity index (χ2n) is 7.46. The van der Waals surface area contributed by atoms with Crippen molar-refractivity contribution in [2.24, 2.45) is 0 Å². The summed E-state index contributed by atoms with van der Waals surface area (Å²) in [6.07, 6.45) is 13.5. The van der Waals surface area contributed by atoms with E-state index in [1.165, 1.54) is 56.2 Å². The van der Waals surface area contributed by atoms with Gasteiger partial charge in [-0.3, -0.25) is 4.57 Å². The van der Waals surface area contributed by atoms with E-state index in [1.54, 1.807) is 0 Å². The van der Waals surface area contributed by atoms with Crippen LogP contribution >= 0.6 is 11.8 Å². The van der Waals surface area contributed by atoms with Crippen molar-refractivity contribution in [2.45, 2.75) is 93.6 Å². The van der Waals surface area contributed by atoms with Crippen LogP contribution in [0.3, 0.4) is 0 Å². The van der Waals surface area contributed by atoms with Crippen LogP contribution in [0.2, 0.25) is 0 Å². The summed E-state index contributed by atoms with van der Waals surface area (Å²) in [7, 11) is 0. The normalized spacial score (nSPS) is 24.9. The largest absolute Gasteiger partial charge is 0.376 e. The van der Waals surface area contributed by atoms with Gasteiger partial charge in [-0.2, -0.15) is 4.98 Å². The minimum absolute atomic E-state index is 0.0514. The Kier molecular flexibility index (Phi) is 5.28. The molecule has 2 aliphatic carbocycles. The van der Waals surface area contributed by atoms with E-state index in [4.69, 9.17) is 4.74 Å². The highest BCUT2D eigenvalue weighted by molar-refractivity contribution is 7.99. The van der Waals surface area contributed by atoms with Crippen molar-refractivity contribution >= 4 is 11.8 Å². The Hall–Kier alpha value is -0.810. The Morgan fingerprint density at radius 3 is 2.67 bits per heavy atom. The first-order chi connectivity index (χ1) is 11.8. The molecule has 0 spiro atoms. The lowest BCUT2D eigenvalue weighted by atomic mass is 9.97. The fraction of sp³-hybridized carbons (Fsp3) is 0.789. The lowest BCUT2D eigenvalue weighted by Crippen LogP contribution is -2.34. The maximum absolute atomic E-state index is 12.7. The molecule has 2 fully saturated rings. The third-order valence-corrected chi connectivity index (χ3v) is 7.06. The Labute approximate surface area is 148 Å². The molecule has 3 aliphatic rings. The number of fused-ring (bicyclic) bond motifs is 1. The average Bonchev–Trinajstić information content (AvgIpc) is 3.12. The van der Waals surface area contributed by atoms with Crippen LogP contribution < -0.4 is 5.69 Å². The molecule has 1 aromatic rings. The van der Waals surface area contributed by atoms with Crippen LogP contribution in [0.5, 0.6) is 0 Å². The van der Waals surface area contributed by atoms with Gasteiger partial charge in [0.05, 0.1) is 12.6 Å². The number of hydrogen-bond donors (Lipinski definition) is 0. The second kappa shape index (κ2) is 7.61. The quantitative estimate of drug-likeness (QED) is 0.778. The molecule has 1 aliphatic heterocycles. The van der Waals surface area contributed by atoms with Gasteiger partial charge in [0.25, 0.3) is 0 Å². The van der Waals surface area contributed by atoms with Gasteiger partial charge in [0.1, 0.15) is 5.03 Å². The smallest absolute Gasteiger partial charge is 0.348 e. The van der Waals surface area contributed by atoms with Crippen molar-refractivity contribution in [3.8, 4) is 0 Å². The van der Waals surface area contributed by atoms with Crippen molar-refractivity contribution in [1.82, 2.24) is 9.55 Å². The molecule has 1 atom stereocenters. The molecule has 4 nitrogen and oxygen atoms in total. The Morgan fingerprint density at radius 2 is 1.88 bits per heavy atom. The molecule has 1 saturated carbocycles. The van der Waals surface area contributed by atoms with Crippen molar-refractivity contribution in [2.75, 3.05) is 6.61 Å². The molecule has 4 rings (SSSR count). The fourth-order valence-corrected chi connectivity index (χ4v) is 5.74. The standard InChI is InChI=1S/C19H28N2O2S/c22-19-20-18(24-15-8-2-1-3-9-15)16-10-4-5-11-17(16)21(19)13-14-7-6-12-23-14/h14-15H,1-13H2. The van der Waals surface area contributed by atoms with E-state index < -0.39 is 0 Å². The van der Waals surface area contributed by atoms with Crippen LogP contribution in [0.1, 0.15) is 69.0 Å². The molecule has 0 aromatic carbocycles. The van der Waals surface area contributed by atoms with Crippen LogP contribution in [0.4, 0.5) is 0 Å². The van der Waals surface area contributed by atoms with Gasteiger partial charge in [-0.15, -0.1) is 11.8 Å². The van der Waals surface area contributed by atoms with Gasteiger partial charge in [-0.1, -0.05) is 19.3 Å². The van der Waals surface area contributed by atoms with Crippen LogP contribution in [-0.4, -0.2) is 27.5 Å². The van der Waals surface area contributed by atoms with E-state index >= 15 is 0 Å². The summed E-state index contributed by atoms with van der Waals surface area (Å²) in [6.45, 7) is 1.53. The lowest BCUT2D eigenvalue weighted by Gasteiger charge is -2.26. The third kappa shape index (κ3) is 3.57. The summed E-state index contributed by atoms with van der Waals surface area (Å²) < 4.78 is 7.70. The maximum atomic E-state index is 12.7. The predicted octanol–water partition coefficient (Wildman–Crippen LogP) is 3.73. The average molecular weight is 349 g/mol. The van der Waals surface area contributed by atoms with Gasteiger partial charge in [-0.25, -0.2) is 4.79 Å². The maximum Gasteiger partial charge on any atom is 0.348 e. The fourth-order valence-electron chi connectivity index (χ4n) is 4.37. The lowest BCUT2D eigenvalue weighted by molar-refractivity contribution is 0.0947. The third-order valence-electron chi connectivity index (χ3n) is 5.69. The molecule has 1 unspecified atom stereocenters. The van der Waals surface area contributed by atoms with E-state index in [0.29, 0.717) is 11.8 Å². The zero-order chi connectivity index (χ0) is 16.4. The number of thioether (sulfide) groups is 1. The summed E-state index contributed by atoms with van der Waals surface area (Å²) in [5.41, 5.74) is 2.58. The van der Waals surface area contributed by atoms with Crippen molar-refractivity contribution < 1.29 is 4.74 Å². The summed E-state index contributed by atoms with van der Waals surface area (Å²) in [5.74, 6) is 0. The van der Waals surface area contributed by atoms with Gasteiger partial charge in [0.2, 0.25) is 0 Å². The first-order valence-corrected chi connectivity index (χ1v) is 10.6. The Balaban J connectivity index is 1.62. The number of aromatic nitrogens is 2. The molecule has 5 heteroatoms. The highest BCUT2D eigenvalue weighted by Gasteiger charge is 2.25. The summed E-state index contributed by atoms with van der Waals surface area (Å²) in [4.78, 5) is 17.3. The van der Waals surface area contributed by atoms with Gasteiger partial charge < -0.3 is 4.74 Å².